The fourth-order valence-corrected chi connectivity index (χ4v) is 6.84. The van der Waals surface area contributed by atoms with Crippen LogP contribution in [0.5, 0.6) is 5.75 Å². The number of thiocarbonyl (C=S) groups is 1. The Bertz CT molecular complexity index is 1130. The Hall–Kier alpha value is -2.16. The molecule has 4 heterocycles. The summed E-state index contributed by atoms with van der Waals surface area (Å²) in [5.74, 6) is 0.354. The van der Waals surface area contributed by atoms with Crippen LogP contribution in [0.4, 0.5) is 5.69 Å². The second-order valence-electron chi connectivity index (χ2n) is 9.49. The smallest absolute Gasteiger partial charge is 0.266 e. The number of nitrogens with zero attached hydrogens (tertiary/aromatic N) is 3. The molecule has 0 atom stereocenters. The number of carbonyl (C=O) groups is 2. The molecular weight excluding hydrogens is 454 g/mol. The minimum atomic E-state index is -0.516. The minimum Gasteiger partial charge on any atom is -0.497 e. The molecule has 2 fully saturated rings. The van der Waals surface area contributed by atoms with Crippen molar-refractivity contribution >= 4 is 56.9 Å². The van der Waals surface area contributed by atoms with Crippen molar-refractivity contribution in [2.24, 2.45) is 0 Å². The Balaban J connectivity index is 1.69. The molecule has 0 radical (unpaired) electrons. The van der Waals surface area contributed by atoms with Crippen LogP contribution in [0.25, 0.3) is 11.1 Å². The number of anilines is 1. The van der Waals surface area contributed by atoms with Crippen molar-refractivity contribution in [3.8, 4) is 5.75 Å². The molecular formula is C25H29N3O3S2. The number of methoxy groups -OCH3 is 1. The summed E-state index contributed by atoms with van der Waals surface area (Å²) in [5, 5.41) is 0. The van der Waals surface area contributed by atoms with Crippen LogP contribution in [0, 0.1) is 0 Å². The van der Waals surface area contributed by atoms with E-state index in [1.165, 1.54) is 36.6 Å². The Labute approximate surface area is 204 Å². The molecule has 1 aromatic carbocycles. The molecule has 174 valence electrons. The average molecular weight is 484 g/mol. The van der Waals surface area contributed by atoms with Crippen LogP contribution in [0.3, 0.4) is 0 Å². The summed E-state index contributed by atoms with van der Waals surface area (Å²) in [6.07, 6.45) is 5.95. The summed E-state index contributed by atoms with van der Waals surface area (Å²) in [6, 6.07) is 3.93. The van der Waals surface area contributed by atoms with Crippen molar-refractivity contribution in [2.45, 2.75) is 45.6 Å². The molecule has 5 rings (SSSR count). The molecule has 0 aliphatic carbocycles. The normalized spacial score (nSPS) is 24.5. The Morgan fingerprint density at radius 1 is 1.09 bits per heavy atom. The maximum absolute atomic E-state index is 13.9. The fraction of sp³-hybridized carbons (Fsp3) is 0.480. The van der Waals surface area contributed by atoms with Gasteiger partial charge in [-0.15, -0.1) is 0 Å². The molecule has 2 amide bonds. The minimum absolute atomic E-state index is 0.144. The first-order valence-electron chi connectivity index (χ1n) is 11.6. The molecule has 0 N–H and O–H groups in total. The van der Waals surface area contributed by atoms with Crippen LogP contribution in [0.1, 0.15) is 51.2 Å². The van der Waals surface area contributed by atoms with E-state index in [2.05, 4.69) is 24.8 Å². The third-order valence-corrected chi connectivity index (χ3v) is 8.36. The van der Waals surface area contributed by atoms with Gasteiger partial charge in [0.25, 0.3) is 11.8 Å². The third kappa shape index (κ3) is 3.54. The maximum atomic E-state index is 13.9. The molecule has 6 nitrogen and oxygen atoms in total. The van der Waals surface area contributed by atoms with E-state index in [4.69, 9.17) is 17.0 Å². The maximum Gasteiger partial charge on any atom is 0.266 e. The van der Waals surface area contributed by atoms with E-state index in [9.17, 15) is 9.59 Å². The van der Waals surface area contributed by atoms with Gasteiger partial charge in [-0.1, -0.05) is 36.5 Å². The first-order chi connectivity index (χ1) is 15.8. The van der Waals surface area contributed by atoms with Gasteiger partial charge in [0.15, 0.2) is 0 Å². The number of amides is 2. The van der Waals surface area contributed by atoms with Crippen molar-refractivity contribution < 1.29 is 14.3 Å². The van der Waals surface area contributed by atoms with Crippen LogP contribution in [-0.4, -0.2) is 64.8 Å². The number of thioether (sulfide) groups is 1. The van der Waals surface area contributed by atoms with Gasteiger partial charge >= 0.3 is 0 Å². The van der Waals surface area contributed by atoms with Gasteiger partial charge in [0.05, 0.1) is 28.8 Å². The van der Waals surface area contributed by atoms with Crippen molar-refractivity contribution in [1.82, 2.24) is 9.80 Å². The second kappa shape index (κ2) is 8.25. The number of likely N-dealkylation sites (N-methyl/N-ethyl adjacent to an activating group) is 1. The predicted octanol–water partition coefficient (Wildman–Crippen LogP) is 4.29. The number of ether oxygens (including phenoxy) is 1. The highest BCUT2D eigenvalue weighted by atomic mass is 32.2. The largest absolute Gasteiger partial charge is 0.497 e. The number of rotatable bonds is 4. The van der Waals surface area contributed by atoms with E-state index in [1.807, 2.05) is 24.0 Å². The zero-order chi connectivity index (χ0) is 23.5. The predicted molar refractivity (Wildman–Crippen MR) is 137 cm³/mol. The quantitative estimate of drug-likeness (QED) is 0.470. The number of carbonyl (C=O) groups excluding carboxylic acids is 2. The lowest BCUT2D eigenvalue weighted by Crippen LogP contribution is -2.47. The van der Waals surface area contributed by atoms with Crippen molar-refractivity contribution in [3.63, 3.8) is 0 Å². The first kappa shape index (κ1) is 22.6. The summed E-state index contributed by atoms with van der Waals surface area (Å²) in [7, 11) is 1.64. The van der Waals surface area contributed by atoms with Crippen molar-refractivity contribution in [1.29, 1.82) is 0 Å². The van der Waals surface area contributed by atoms with Crippen LogP contribution in [0.2, 0.25) is 0 Å². The lowest BCUT2D eigenvalue weighted by atomic mass is 9.87. The lowest BCUT2D eigenvalue weighted by molar-refractivity contribution is -0.122. The zero-order valence-corrected chi connectivity index (χ0v) is 21.2. The van der Waals surface area contributed by atoms with Gasteiger partial charge in [-0.05, 0) is 64.4 Å². The summed E-state index contributed by atoms with van der Waals surface area (Å²) in [4.78, 5) is 33.4. The average Bonchev–Trinajstić information content (AvgIpc) is 3.24. The number of hydrogen-bond acceptors (Lipinski definition) is 6. The fourth-order valence-electron chi connectivity index (χ4n) is 5.38. The summed E-state index contributed by atoms with van der Waals surface area (Å²) in [6.45, 7) is 9.55. The topological polar surface area (TPSA) is 53.1 Å². The molecule has 1 aromatic rings. The lowest BCUT2D eigenvalue weighted by Gasteiger charge is -2.40. The second-order valence-corrected chi connectivity index (χ2v) is 11.1. The van der Waals surface area contributed by atoms with Crippen molar-refractivity contribution in [3.05, 3.63) is 34.2 Å². The van der Waals surface area contributed by atoms with Gasteiger partial charge < -0.3 is 4.74 Å². The summed E-state index contributed by atoms with van der Waals surface area (Å²) in [5.41, 5.74) is 3.81. The highest BCUT2D eigenvalue weighted by molar-refractivity contribution is 8.26. The van der Waals surface area contributed by atoms with Gasteiger partial charge in [0.1, 0.15) is 10.1 Å². The molecule has 0 unspecified atom stereocenters. The SMILES string of the molecule is CCN1C(=O)/C(=C2\C(=O)N3c4c(cc(OC)cc42)C(CN2CCCCC2)=CC3(C)C)SC1=S. The van der Waals surface area contributed by atoms with Gasteiger partial charge in [-0.25, -0.2) is 0 Å². The van der Waals surface area contributed by atoms with Crippen LogP contribution in [-0.2, 0) is 9.59 Å². The van der Waals surface area contributed by atoms with E-state index in [0.29, 0.717) is 27.1 Å². The zero-order valence-electron chi connectivity index (χ0n) is 19.6. The van der Waals surface area contributed by atoms with Crippen LogP contribution < -0.4 is 9.64 Å². The van der Waals surface area contributed by atoms with E-state index in [1.54, 1.807) is 12.0 Å². The summed E-state index contributed by atoms with van der Waals surface area (Å²) < 4.78 is 6.15. The van der Waals surface area contributed by atoms with E-state index >= 15 is 0 Å². The van der Waals surface area contributed by atoms with Crippen molar-refractivity contribution in [2.75, 3.05) is 38.2 Å². The standard InChI is InChI=1S/C25H29N3O3S2/c1-5-27-23(30)21(33-24(27)32)19-18-12-16(31-4)11-17-15(14-26-9-7-6-8-10-26)13-25(2,3)28(20(17)18)22(19)29/h11-13H,5-10,14H2,1-4H3/b21-19+. The molecule has 0 saturated carbocycles. The monoisotopic (exact) mass is 483 g/mol. The highest BCUT2D eigenvalue weighted by Crippen LogP contribution is 2.53. The third-order valence-electron chi connectivity index (χ3n) is 6.91. The Morgan fingerprint density at radius 2 is 1.79 bits per heavy atom. The summed E-state index contributed by atoms with van der Waals surface area (Å²) >= 11 is 6.66. The van der Waals surface area contributed by atoms with Gasteiger partial charge in [0, 0.05) is 24.2 Å². The van der Waals surface area contributed by atoms with Crippen LogP contribution >= 0.6 is 24.0 Å². The highest BCUT2D eigenvalue weighted by Gasteiger charge is 2.49. The molecule has 8 heteroatoms. The molecule has 4 aliphatic rings. The van der Waals surface area contributed by atoms with E-state index < -0.39 is 5.54 Å². The van der Waals surface area contributed by atoms with Gasteiger partial charge in [-0.2, -0.15) is 0 Å². The molecule has 2 saturated heterocycles. The molecule has 0 spiro atoms. The molecule has 0 bridgehead atoms. The first-order valence-corrected chi connectivity index (χ1v) is 12.8. The number of benzene rings is 1. The number of likely N-dealkylation sites (tertiary alicyclic amines) is 1. The van der Waals surface area contributed by atoms with Gasteiger partial charge in [-0.3, -0.25) is 24.3 Å². The molecule has 33 heavy (non-hydrogen) atoms. The molecule has 0 aromatic heterocycles. The van der Waals surface area contributed by atoms with E-state index in [0.717, 1.165) is 36.4 Å². The van der Waals surface area contributed by atoms with E-state index in [-0.39, 0.29) is 11.8 Å². The van der Waals surface area contributed by atoms with Gasteiger partial charge in [0.2, 0.25) is 0 Å². The molecule has 4 aliphatic heterocycles. The Kier molecular flexibility index (Phi) is 5.66. The number of piperidine rings is 1. The Morgan fingerprint density at radius 3 is 2.42 bits per heavy atom. The number of hydrogen-bond donors (Lipinski definition) is 0. The van der Waals surface area contributed by atoms with Crippen LogP contribution in [0.15, 0.2) is 23.1 Å².